The van der Waals surface area contributed by atoms with Crippen molar-refractivity contribution in [1.29, 1.82) is 0 Å². The monoisotopic (exact) mass is 1100 g/mol. The molecule has 1 aliphatic heterocycles. The Kier molecular flexibility index (Phi) is 50.5. The highest BCUT2D eigenvalue weighted by Gasteiger charge is 2.47. The average Bonchev–Trinajstić information content (AvgIpc) is 3.49. The van der Waals surface area contributed by atoms with Gasteiger partial charge in [-0.05, 0) is 109 Å². The van der Waals surface area contributed by atoms with E-state index in [9.17, 15) is 35.1 Å². The molecule has 0 bridgehead atoms. The highest BCUT2D eigenvalue weighted by molar-refractivity contribution is 5.80. The van der Waals surface area contributed by atoms with Crippen molar-refractivity contribution >= 4 is 11.9 Å². The molecule has 0 aromatic heterocycles. The summed E-state index contributed by atoms with van der Waals surface area (Å²) in [5, 5.41) is 57.0. The number of unbranched alkanes of at least 4 members (excludes halogenated alkanes) is 19. The summed E-state index contributed by atoms with van der Waals surface area (Å²) < 4.78 is 17.6. The Labute approximate surface area is 480 Å². The SMILES string of the molecule is CC/C=C\C/C=C\C/C=C\C/C=C\C/C=C\CCCCCCC(O)C(=O)NC(COC1OC(CO)C(O)C(O)C1OC(=O)CCC/C=C\C/C=C\C/C=C\C/C=C\CCCCC)C(O)/C=C/CCCCCCCCCCCCC. The molecule has 1 amide bonds. The van der Waals surface area contributed by atoms with Gasteiger partial charge in [-0.3, -0.25) is 9.59 Å². The van der Waals surface area contributed by atoms with Gasteiger partial charge in [-0.1, -0.05) is 239 Å². The summed E-state index contributed by atoms with van der Waals surface area (Å²) in [6.45, 7) is 5.60. The molecule has 11 nitrogen and oxygen atoms in total. The van der Waals surface area contributed by atoms with Gasteiger partial charge in [0.15, 0.2) is 12.4 Å². The zero-order valence-corrected chi connectivity index (χ0v) is 49.7. The van der Waals surface area contributed by atoms with Crippen molar-refractivity contribution in [3.05, 3.63) is 122 Å². The fourth-order valence-electron chi connectivity index (χ4n) is 8.90. The Morgan fingerprint density at radius 3 is 1.39 bits per heavy atom. The topological polar surface area (TPSA) is 175 Å². The highest BCUT2D eigenvalue weighted by Crippen LogP contribution is 2.26. The molecule has 1 rings (SSSR count). The minimum absolute atomic E-state index is 0.0387. The molecule has 8 unspecified atom stereocenters. The predicted molar refractivity (Wildman–Crippen MR) is 328 cm³/mol. The van der Waals surface area contributed by atoms with E-state index in [1.54, 1.807) is 6.08 Å². The van der Waals surface area contributed by atoms with Crippen molar-refractivity contribution in [3.63, 3.8) is 0 Å². The molecule has 1 heterocycles. The number of hydrogen-bond donors (Lipinski definition) is 6. The largest absolute Gasteiger partial charge is 0.454 e. The number of carbonyl (C=O) groups is 2. The van der Waals surface area contributed by atoms with Crippen LogP contribution < -0.4 is 5.32 Å². The zero-order valence-electron chi connectivity index (χ0n) is 49.7. The maximum absolute atomic E-state index is 13.4. The van der Waals surface area contributed by atoms with Gasteiger partial charge < -0.3 is 45.1 Å². The fraction of sp³-hybridized carbons (Fsp3) is 0.676. The number of ether oxygens (including phenoxy) is 3. The quantitative estimate of drug-likeness (QED) is 0.0195. The third-order valence-corrected chi connectivity index (χ3v) is 13.8. The predicted octanol–water partition coefficient (Wildman–Crippen LogP) is 15.1. The van der Waals surface area contributed by atoms with Crippen molar-refractivity contribution in [2.75, 3.05) is 13.2 Å². The molecule has 1 saturated heterocycles. The molecule has 1 fully saturated rings. The van der Waals surface area contributed by atoms with Crippen molar-refractivity contribution in [3.8, 4) is 0 Å². The Balaban J connectivity index is 2.75. The second-order valence-electron chi connectivity index (χ2n) is 21.0. The Morgan fingerprint density at radius 1 is 0.506 bits per heavy atom. The third kappa shape index (κ3) is 42.6. The molecule has 0 radical (unpaired) electrons. The Bertz CT molecular complexity index is 1740. The van der Waals surface area contributed by atoms with E-state index in [0.29, 0.717) is 19.3 Å². The zero-order chi connectivity index (χ0) is 57.5. The van der Waals surface area contributed by atoms with Gasteiger partial charge in [-0.15, -0.1) is 0 Å². The molecule has 1 aliphatic rings. The molecule has 0 aliphatic carbocycles. The van der Waals surface area contributed by atoms with Crippen LogP contribution in [-0.4, -0.2) is 99.6 Å². The lowest BCUT2D eigenvalue weighted by atomic mass is 9.99. The lowest BCUT2D eigenvalue weighted by Gasteiger charge is -2.41. The summed E-state index contributed by atoms with van der Waals surface area (Å²) in [5.41, 5.74) is 0. The first-order valence-electron chi connectivity index (χ1n) is 31.3. The number of rotatable bonds is 51. The molecular weight excluding hydrogens is 991 g/mol. The molecule has 0 aromatic carbocycles. The van der Waals surface area contributed by atoms with Crippen LogP contribution in [0.25, 0.3) is 0 Å². The first kappa shape index (κ1) is 73.1. The van der Waals surface area contributed by atoms with Crippen molar-refractivity contribution in [2.45, 2.75) is 282 Å². The lowest BCUT2D eigenvalue weighted by Crippen LogP contribution is -2.61. The van der Waals surface area contributed by atoms with E-state index in [2.05, 4.69) is 123 Å². The second-order valence-corrected chi connectivity index (χ2v) is 21.0. The molecule has 0 aromatic rings. The van der Waals surface area contributed by atoms with Gasteiger partial charge in [-0.2, -0.15) is 0 Å². The summed E-state index contributed by atoms with van der Waals surface area (Å²) >= 11 is 0. The Morgan fingerprint density at radius 2 is 0.911 bits per heavy atom. The van der Waals surface area contributed by atoms with Crippen LogP contribution in [0, 0.1) is 0 Å². The first-order chi connectivity index (χ1) is 38.7. The number of carbonyl (C=O) groups excluding carboxylic acids is 2. The van der Waals surface area contributed by atoms with Crippen LogP contribution in [0.2, 0.25) is 0 Å². The average molecular weight is 1100 g/mol. The van der Waals surface area contributed by atoms with E-state index in [1.807, 2.05) is 18.2 Å². The van der Waals surface area contributed by atoms with Gasteiger partial charge in [0.1, 0.15) is 24.4 Å². The number of nitrogens with one attached hydrogen (secondary N) is 1. The third-order valence-electron chi connectivity index (χ3n) is 13.8. The van der Waals surface area contributed by atoms with Crippen LogP contribution in [0.5, 0.6) is 0 Å². The smallest absolute Gasteiger partial charge is 0.306 e. The maximum atomic E-state index is 13.4. The maximum Gasteiger partial charge on any atom is 0.306 e. The van der Waals surface area contributed by atoms with Crippen LogP contribution in [0.15, 0.2) is 122 Å². The van der Waals surface area contributed by atoms with E-state index < -0.39 is 67.4 Å². The number of allylic oxidation sites excluding steroid dienone is 19. The first-order valence-corrected chi connectivity index (χ1v) is 31.3. The molecule has 79 heavy (non-hydrogen) atoms. The molecule has 8 atom stereocenters. The number of hydrogen-bond acceptors (Lipinski definition) is 10. The van der Waals surface area contributed by atoms with E-state index in [0.717, 1.165) is 109 Å². The summed E-state index contributed by atoms with van der Waals surface area (Å²) in [4.78, 5) is 26.5. The molecule has 11 heteroatoms. The number of aliphatic hydroxyl groups is 5. The second kappa shape index (κ2) is 54.6. The molecule has 0 saturated carbocycles. The fourth-order valence-corrected chi connectivity index (χ4v) is 8.90. The minimum atomic E-state index is -1.65. The van der Waals surface area contributed by atoms with Crippen LogP contribution in [0.1, 0.15) is 233 Å². The van der Waals surface area contributed by atoms with E-state index in [1.165, 1.54) is 70.6 Å². The molecule has 6 N–H and O–H groups in total. The van der Waals surface area contributed by atoms with Crippen LogP contribution in [-0.2, 0) is 23.8 Å². The summed E-state index contributed by atoms with van der Waals surface area (Å²) in [5.74, 6) is -1.28. The van der Waals surface area contributed by atoms with Gasteiger partial charge in [0, 0.05) is 6.42 Å². The highest BCUT2D eigenvalue weighted by atomic mass is 16.7. The van der Waals surface area contributed by atoms with E-state index in [-0.39, 0.29) is 19.4 Å². The van der Waals surface area contributed by atoms with E-state index in [4.69, 9.17) is 14.2 Å². The van der Waals surface area contributed by atoms with Crippen molar-refractivity contribution < 1.29 is 49.3 Å². The standard InChI is InChI=1S/C68H113NO10/c1-4-7-10-13-16-19-22-25-27-29-30-31-33-34-37-40-43-46-49-52-55-61(72)67(76)69-59(60(71)54-51-48-45-42-39-36-24-21-18-15-12-9-6-3)58-77-68-66(65(75)64(74)62(57-70)78-68)79-63(73)56-53-50-47-44-41-38-35-32-28-26-23-20-17-14-11-8-5-2/h7,10,16-17,19-20,25-28,30-31,34-35,37-38,44,47,51,54,59-62,64-66,68,70-72,74-75H,4-6,8-9,11-15,18,21-24,29,32-33,36,39-43,45-46,48-50,52-53,55-58H2,1-3H3,(H,69,76)/b10-7-,19-16-,20-17-,27-25-,28-26-,31-30-,37-34-,38-35-,47-44-,54-51+. The van der Waals surface area contributed by atoms with E-state index >= 15 is 0 Å². The van der Waals surface area contributed by atoms with Gasteiger partial charge in [0.2, 0.25) is 5.91 Å². The molecule has 0 spiro atoms. The van der Waals surface area contributed by atoms with Crippen LogP contribution in [0.3, 0.4) is 0 Å². The number of amides is 1. The van der Waals surface area contributed by atoms with Crippen molar-refractivity contribution in [1.82, 2.24) is 5.32 Å². The van der Waals surface area contributed by atoms with Crippen LogP contribution in [0.4, 0.5) is 0 Å². The number of esters is 1. The normalized spacial score (nSPS) is 19.7. The molecular formula is C68H113NO10. The number of aliphatic hydroxyl groups excluding tert-OH is 5. The summed E-state index contributed by atoms with van der Waals surface area (Å²) in [6, 6.07) is -1.05. The lowest BCUT2D eigenvalue weighted by molar-refractivity contribution is -0.305. The molecule has 450 valence electrons. The van der Waals surface area contributed by atoms with Gasteiger partial charge in [-0.25, -0.2) is 0 Å². The summed E-state index contributed by atoms with van der Waals surface area (Å²) in [6.07, 6.45) is 65.2. The van der Waals surface area contributed by atoms with Gasteiger partial charge >= 0.3 is 5.97 Å². The van der Waals surface area contributed by atoms with Gasteiger partial charge in [0.25, 0.3) is 0 Å². The minimum Gasteiger partial charge on any atom is -0.454 e. The van der Waals surface area contributed by atoms with Gasteiger partial charge in [0.05, 0.1) is 25.4 Å². The van der Waals surface area contributed by atoms with Crippen LogP contribution >= 0.6 is 0 Å². The Hall–Kier alpha value is -3.94. The summed E-state index contributed by atoms with van der Waals surface area (Å²) in [7, 11) is 0. The van der Waals surface area contributed by atoms with Crippen molar-refractivity contribution in [2.24, 2.45) is 0 Å².